The van der Waals surface area contributed by atoms with Crippen LogP contribution in [-0.2, 0) is 21.4 Å². The average Bonchev–Trinajstić information content (AvgIpc) is 2.81. The van der Waals surface area contributed by atoms with Crippen LogP contribution in [0.3, 0.4) is 0 Å². The van der Waals surface area contributed by atoms with Gasteiger partial charge in [0.05, 0.1) is 10.6 Å². The molecule has 0 spiro atoms. The van der Waals surface area contributed by atoms with Gasteiger partial charge in [-0.3, -0.25) is 4.55 Å². The summed E-state index contributed by atoms with van der Waals surface area (Å²) in [5, 5.41) is 2.07. The van der Waals surface area contributed by atoms with E-state index < -0.39 is 10.1 Å². The summed E-state index contributed by atoms with van der Waals surface area (Å²) >= 11 is 0. The van der Waals surface area contributed by atoms with Crippen LogP contribution in [0.4, 0.5) is 5.69 Å². The Morgan fingerprint density at radius 3 is 2.80 bits per heavy atom. The third-order valence-electron chi connectivity index (χ3n) is 3.88. The van der Waals surface area contributed by atoms with E-state index >= 15 is 0 Å². The Kier molecular flexibility index (Phi) is 3.68. The molecule has 20 heavy (non-hydrogen) atoms. The molecule has 0 atom stereocenters. The molecule has 2 aliphatic heterocycles. The van der Waals surface area contributed by atoms with E-state index in [4.69, 9.17) is 9.29 Å². The molecular formula is C13H18N2O4S. The van der Waals surface area contributed by atoms with Crippen molar-refractivity contribution < 1.29 is 17.7 Å². The number of hydrazine groups is 1. The zero-order valence-electron chi connectivity index (χ0n) is 11.1. The van der Waals surface area contributed by atoms with Gasteiger partial charge in [0.2, 0.25) is 0 Å². The second-order valence-electron chi connectivity index (χ2n) is 5.27. The number of benzene rings is 1. The van der Waals surface area contributed by atoms with Crippen LogP contribution in [-0.4, -0.2) is 32.7 Å². The van der Waals surface area contributed by atoms with E-state index in [1.165, 1.54) is 12.1 Å². The fourth-order valence-electron chi connectivity index (χ4n) is 2.74. The third kappa shape index (κ3) is 2.80. The van der Waals surface area contributed by atoms with Crippen molar-refractivity contribution in [2.24, 2.45) is 5.92 Å². The molecule has 0 saturated carbocycles. The zero-order valence-corrected chi connectivity index (χ0v) is 11.9. The number of fused-ring (bicyclic) bond motifs is 1. The quantitative estimate of drug-likeness (QED) is 0.816. The maximum absolute atomic E-state index is 11.1. The van der Waals surface area contributed by atoms with E-state index in [1.54, 1.807) is 6.07 Å². The van der Waals surface area contributed by atoms with Gasteiger partial charge in [-0.15, -0.1) is 0 Å². The van der Waals surface area contributed by atoms with Gasteiger partial charge in [0.1, 0.15) is 0 Å². The molecule has 1 aromatic carbocycles. The summed E-state index contributed by atoms with van der Waals surface area (Å²) < 4.78 is 36.7. The molecule has 2 aliphatic rings. The minimum absolute atomic E-state index is 0.0500. The summed E-state index contributed by atoms with van der Waals surface area (Å²) in [5.74, 6) is 0.587. The van der Waals surface area contributed by atoms with Crippen molar-refractivity contribution in [3.8, 4) is 0 Å². The van der Waals surface area contributed by atoms with Gasteiger partial charge in [0.25, 0.3) is 10.1 Å². The minimum Gasteiger partial charge on any atom is -0.381 e. The molecule has 0 radical (unpaired) electrons. The Morgan fingerprint density at radius 2 is 2.10 bits per heavy atom. The molecule has 0 amide bonds. The zero-order chi connectivity index (χ0) is 14.2. The lowest BCUT2D eigenvalue weighted by Gasteiger charge is -2.28. The lowest BCUT2D eigenvalue weighted by atomic mass is 10.00. The highest BCUT2D eigenvalue weighted by molar-refractivity contribution is 7.85. The van der Waals surface area contributed by atoms with Crippen LogP contribution in [0.15, 0.2) is 23.1 Å². The van der Waals surface area contributed by atoms with Crippen LogP contribution in [0.5, 0.6) is 0 Å². The predicted octanol–water partition coefficient (Wildman–Crippen LogP) is 1.18. The molecule has 1 fully saturated rings. The van der Waals surface area contributed by atoms with Crippen molar-refractivity contribution in [2.75, 3.05) is 24.8 Å². The fraction of sp³-hybridized carbons (Fsp3) is 0.538. The summed E-state index contributed by atoms with van der Waals surface area (Å²) in [5.41, 5.74) is 5.15. The number of anilines is 1. The molecule has 0 aromatic heterocycles. The summed E-state index contributed by atoms with van der Waals surface area (Å²) in [7, 11) is -4.13. The van der Waals surface area contributed by atoms with Crippen LogP contribution >= 0.6 is 0 Å². The Balaban J connectivity index is 1.77. The van der Waals surface area contributed by atoms with Crippen LogP contribution in [0.25, 0.3) is 0 Å². The highest BCUT2D eigenvalue weighted by Crippen LogP contribution is 2.29. The first kappa shape index (κ1) is 13.8. The number of nitrogens with one attached hydrogen (secondary N) is 1. The highest BCUT2D eigenvalue weighted by atomic mass is 32.2. The van der Waals surface area contributed by atoms with Gasteiger partial charge in [-0.05, 0) is 42.5 Å². The Morgan fingerprint density at radius 1 is 1.35 bits per heavy atom. The molecule has 3 rings (SSSR count). The molecular weight excluding hydrogens is 280 g/mol. The summed E-state index contributed by atoms with van der Waals surface area (Å²) in [6, 6.07) is 4.72. The van der Waals surface area contributed by atoms with Gasteiger partial charge < -0.3 is 9.75 Å². The molecule has 0 bridgehead atoms. The van der Waals surface area contributed by atoms with Gasteiger partial charge in [0, 0.05) is 26.3 Å². The Hall–Kier alpha value is -1.15. The number of hydrogen-bond donors (Lipinski definition) is 2. The van der Waals surface area contributed by atoms with Crippen molar-refractivity contribution in [2.45, 2.75) is 24.3 Å². The SMILES string of the molecule is O=S(=O)(O)c1ccc2c(c1)CNN2CC1CCOCC1. The van der Waals surface area contributed by atoms with Crippen molar-refractivity contribution in [1.29, 1.82) is 0 Å². The normalized spacial score (nSPS) is 20.1. The second kappa shape index (κ2) is 5.33. The summed E-state index contributed by atoms with van der Waals surface area (Å²) in [6.45, 7) is 3.10. The van der Waals surface area contributed by atoms with Crippen LogP contribution in [0.1, 0.15) is 18.4 Å². The van der Waals surface area contributed by atoms with Crippen molar-refractivity contribution in [3.63, 3.8) is 0 Å². The van der Waals surface area contributed by atoms with E-state index in [2.05, 4.69) is 10.4 Å². The molecule has 110 valence electrons. The summed E-state index contributed by atoms with van der Waals surface area (Å²) in [4.78, 5) is -0.0500. The van der Waals surface area contributed by atoms with Crippen LogP contribution < -0.4 is 10.4 Å². The summed E-state index contributed by atoms with van der Waals surface area (Å²) in [6.07, 6.45) is 2.10. The third-order valence-corrected chi connectivity index (χ3v) is 4.73. The van der Waals surface area contributed by atoms with E-state index in [1.807, 2.05) is 0 Å². The molecule has 0 aliphatic carbocycles. The molecule has 1 aromatic rings. The second-order valence-corrected chi connectivity index (χ2v) is 6.69. The maximum Gasteiger partial charge on any atom is 0.294 e. The highest BCUT2D eigenvalue weighted by Gasteiger charge is 2.24. The molecule has 6 nitrogen and oxygen atoms in total. The maximum atomic E-state index is 11.1. The van der Waals surface area contributed by atoms with Gasteiger partial charge in [-0.2, -0.15) is 8.42 Å². The first-order valence-corrected chi connectivity index (χ1v) is 8.17. The van der Waals surface area contributed by atoms with Crippen molar-refractivity contribution in [1.82, 2.24) is 5.43 Å². The van der Waals surface area contributed by atoms with Gasteiger partial charge in [0.15, 0.2) is 0 Å². The lowest BCUT2D eigenvalue weighted by molar-refractivity contribution is 0.0677. The molecule has 0 unspecified atom stereocenters. The first-order chi connectivity index (χ1) is 9.54. The molecule has 7 heteroatoms. The number of hydrogen-bond acceptors (Lipinski definition) is 5. The standard InChI is InChI=1S/C13H18N2O4S/c16-20(17,18)12-1-2-13-11(7-12)8-14-15(13)9-10-3-5-19-6-4-10/h1-2,7,10,14H,3-6,8-9H2,(H,16,17,18). The predicted molar refractivity (Wildman–Crippen MR) is 74.0 cm³/mol. The monoisotopic (exact) mass is 298 g/mol. The Bertz CT molecular complexity index is 596. The van der Waals surface area contributed by atoms with E-state index in [0.717, 1.165) is 43.9 Å². The largest absolute Gasteiger partial charge is 0.381 e. The van der Waals surface area contributed by atoms with Crippen LogP contribution in [0.2, 0.25) is 0 Å². The lowest BCUT2D eigenvalue weighted by Crippen LogP contribution is -2.38. The van der Waals surface area contributed by atoms with E-state index in [9.17, 15) is 8.42 Å². The van der Waals surface area contributed by atoms with E-state index in [-0.39, 0.29) is 4.90 Å². The van der Waals surface area contributed by atoms with Crippen molar-refractivity contribution >= 4 is 15.8 Å². The fourth-order valence-corrected chi connectivity index (χ4v) is 3.27. The smallest absolute Gasteiger partial charge is 0.294 e. The molecule has 2 N–H and O–H groups in total. The first-order valence-electron chi connectivity index (χ1n) is 6.73. The minimum atomic E-state index is -4.13. The van der Waals surface area contributed by atoms with Gasteiger partial charge >= 0.3 is 0 Å². The Labute approximate surface area is 118 Å². The number of nitrogens with zero attached hydrogens (tertiary/aromatic N) is 1. The number of rotatable bonds is 3. The van der Waals surface area contributed by atoms with Gasteiger partial charge in [-0.1, -0.05) is 0 Å². The number of ether oxygens (including phenoxy) is 1. The topological polar surface area (TPSA) is 78.9 Å². The van der Waals surface area contributed by atoms with E-state index in [0.29, 0.717) is 12.5 Å². The average molecular weight is 298 g/mol. The van der Waals surface area contributed by atoms with Crippen LogP contribution in [0, 0.1) is 5.92 Å². The van der Waals surface area contributed by atoms with Gasteiger partial charge in [-0.25, -0.2) is 5.43 Å². The molecule has 2 heterocycles. The molecule has 1 saturated heterocycles. The van der Waals surface area contributed by atoms with Crippen molar-refractivity contribution in [3.05, 3.63) is 23.8 Å².